The summed E-state index contributed by atoms with van der Waals surface area (Å²) in [6.07, 6.45) is 5.10. The van der Waals surface area contributed by atoms with Gasteiger partial charge in [-0.3, -0.25) is 14.6 Å². The van der Waals surface area contributed by atoms with E-state index < -0.39 is 12.2 Å². The zero-order valence-corrected chi connectivity index (χ0v) is 18.0. The Hall–Kier alpha value is -2.99. The van der Waals surface area contributed by atoms with Crippen LogP contribution in [0.25, 0.3) is 0 Å². The third-order valence-electron chi connectivity index (χ3n) is 6.28. The minimum Gasteiger partial charge on any atom is -0.325 e. The second kappa shape index (κ2) is 9.43. The Morgan fingerprint density at radius 2 is 1.77 bits per heavy atom. The molecule has 0 saturated heterocycles. The van der Waals surface area contributed by atoms with Gasteiger partial charge in [0.15, 0.2) is 0 Å². The summed E-state index contributed by atoms with van der Waals surface area (Å²) in [5, 5.41) is 2.82. The molecular weight excluding hydrogens is 388 g/mol. The molecule has 0 bridgehead atoms. The summed E-state index contributed by atoms with van der Waals surface area (Å²) in [7, 11) is 1.74. The van der Waals surface area contributed by atoms with Gasteiger partial charge in [-0.1, -0.05) is 67.8 Å². The number of nitrogens with two attached hydrogens (primary N) is 1. The number of nitrogens with one attached hydrogen (secondary N) is 1. The second-order valence-corrected chi connectivity index (χ2v) is 8.47. The number of hydrogen-bond acceptors (Lipinski definition) is 4. The average Bonchev–Trinajstić information content (AvgIpc) is 2.91. The van der Waals surface area contributed by atoms with Crippen molar-refractivity contribution in [3.63, 3.8) is 0 Å². The number of nitrogens with zero attached hydrogens (tertiary/aromatic N) is 2. The molecule has 1 aliphatic carbocycles. The minimum absolute atomic E-state index is 0.251. The van der Waals surface area contributed by atoms with E-state index in [0.717, 1.165) is 48.2 Å². The molecule has 31 heavy (non-hydrogen) atoms. The summed E-state index contributed by atoms with van der Waals surface area (Å²) in [5.41, 5.74) is 9.88. The topological polar surface area (TPSA) is 87.8 Å². The van der Waals surface area contributed by atoms with Crippen LogP contribution in [0, 0.1) is 5.92 Å². The maximum atomic E-state index is 13.2. The fourth-order valence-corrected chi connectivity index (χ4v) is 4.55. The second-order valence-electron chi connectivity index (χ2n) is 8.47. The fraction of sp³-hybridized carbons (Fsp3) is 0.400. The predicted octanol–water partition coefficient (Wildman–Crippen LogP) is 3.04. The predicted molar refractivity (Wildman–Crippen MR) is 123 cm³/mol. The van der Waals surface area contributed by atoms with Crippen LogP contribution in [0.3, 0.4) is 0 Å². The third-order valence-corrected chi connectivity index (χ3v) is 6.28. The van der Waals surface area contributed by atoms with Crippen molar-refractivity contribution in [1.82, 2.24) is 5.32 Å². The van der Waals surface area contributed by atoms with E-state index in [2.05, 4.69) is 5.32 Å². The van der Waals surface area contributed by atoms with Crippen molar-refractivity contribution >= 4 is 23.2 Å². The van der Waals surface area contributed by atoms with Crippen LogP contribution in [0.5, 0.6) is 0 Å². The van der Waals surface area contributed by atoms with E-state index in [1.54, 1.807) is 11.9 Å². The van der Waals surface area contributed by atoms with Gasteiger partial charge >= 0.3 is 0 Å². The number of anilines is 1. The summed E-state index contributed by atoms with van der Waals surface area (Å²) in [6, 6.07) is 16.8. The van der Waals surface area contributed by atoms with Gasteiger partial charge in [0.2, 0.25) is 12.1 Å². The Morgan fingerprint density at radius 1 is 1.10 bits per heavy atom. The fourth-order valence-electron chi connectivity index (χ4n) is 4.55. The molecular formula is C25H30N4O2. The molecule has 4 rings (SSSR count). The number of benzodiazepines with no additional fused rings is 1. The summed E-state index contributed by atoms with van der Waals surface area (Å²) in [5.74, 6) is -0.321. The molecule has 0 spiro atoms. The van der Waals surface area contributed by atoms with Crippen molar-refractivity contribution in [2.75, 3.05) is 11.9 Å². The van der Waals surface area contributed by atoms with Crippen molar-refractivity contribution < 1.29 is 9.59 Å². The van der Waals surface area contributed by atoms with Crippen molar-refractivity contribution in [2.24, 2.45) is 16.6 Å². The molecule has 6 nitrogen and oxygen atoms in total. The van der Waals surface area contributed by atoms with Gasteiger partial charge in [-0.25, -0.2) is 0 Å². The van der Waals surface area contributed by atoms with Crippen LogP contribution in [-0.2, 0) is 16.0 Å². The van der Waals surface area contributed by atoms with Gasteiger partial charge in [0.1, 0.15) is 0 Å². The molecule has 2 amide bonds. The molecule has 2 aromatic rings. The first-order valence-electron chi connectivity index (χ1n) is 11.1. The molecule has 1 saturated carbocycles. The van der Waals surface area contributed by atoms with Crippen LogP contribution in [0.4, 0.5) is 5.69 Å². The molecule has 2 aliphatic rings. The highest BCUT2D eigenvalue weighted by atomic mass is 16.2. The van der Waals surface area contributed by atoms with Gasteiger partial charge in [-0.15, -0.1) is 0 Å². The zero-order chi connectivity index (χ0) is 21.8. The van der Waals surface area contributed by atoms with Crippen LogP contribution >= 0.6 is 0 Å². The van der Waals surface area contributed by atoms with E-state index in [0.29, 0.717) is 12.3 Å². The standard InChI is InChI=1S/C25H30N4O2/c1-29-21-15-9-8-14-19(21)22(18-12-6-3-7-13-18)27-23(25(29)31)28-24(30)20(26)16-17-10-4-2-5-11-17/h2,4-5,8-11,14-15,18,20,23H,3,6-7,12-13,16,26H2,1H3,(H,28,30)/t20-,23?/m1/s1. The largest absolute Gasteiger partial charge is 0.325 e. The number of benzene rings is 2. The Balaban J connectivity index is 1.60. The SMILES string of the molecule is CN1C(=O)C(NC(=O)[C@H](N)Cc2ccccc2)N=C(C2CCCCC2)c2ccccc21. The Bertz CT molecular complexity index is 966. The van der Waals surface area contributed by atoms with E-state index in [9.17, 15) is 9.59 Å². The smallest absolute Gasteiger partial charge is 0.272 e. The van der Waals surface area contributed by atoms with Gasteiger partial charge in [0.25, 0.3) is 5.91 Å². The maximum absolute atomic E-state index is 13.2. The normalized spacial score (nSPS) is 20.5. The molecule has 2 aromatic carbocycles. The zero-order valence-electron chi connectivity index (χ0n) is 18.0. The number of para-hydroxylation sites is 1. The van der Waals surface area contributed by atoms with Crippen LogP contribution in [0.2, 0.25) is 0 Å². The first kappa shape index (κ1) is 21.2. The first-order chi connectivity index (χ1) is 15.0. The number of likely N-dealkylation sites (N-methyl/N-ethyl adjacent to an activating group) is 1. The van der Waals surface area contributed by atoms with Crippen molar-refractivity contribution in [3.8, 4) is 0 Å². The number of amides is 2. The highest BCUT2D eigenvalue weighted by Crippen LogP contribution is 2.33. The molecule has 1 unspecified atom stereocenters. The highest BCUT2D eigenvalue weighted by Gasteiger charge is 2.34. The maximum Gasteiger partial charge on any atom is 0.272 e. The van der Waals surface area contributed by atoms with Crippen LogP contribution in [0.15, 0.2) is 59.6 Å². The Kier molecular flexibility index (Phi) is 6.47. The van der Waals surface area contributed by atoms with E-state index in [1.807, 2.05) is 54.6 Å². The van der Waals surface area contributed by atoms with E-state index >= 15 is 0 Å². The number of carbonyl (C=O) groups is 2. The van der Waals surface area contributed by atoms with Crippen LogP contribution < -0.4 is 16.0 Å². The van der Waals surface area contributed by atoms with Gasteiger partial charge in [0.05, 0.1) is 17.4 Å². The first-order valence-corrected chi connectivity index (χ1v) is 11.1. The minimum atomic E-state index is -0.969. The monoisotopic (exact) mass is 418 g/mol. The number of rotatable bonds is 5. The number of hydrogen-bond donors (Lipinski definition) is 2. The molecule has 1 heterocycles. The summed E-state index contributed by atoms with van der Waals surface area (Å²) in [6.45, 7) is 0. The number of aliphatic imine (C=N–C) groups is 1. The lowest BCUT2D eigenvalue weighted by Crippen LogP contribution is -2.51. The van der Waals surface area contributed by atoms with E-state index in [-0.39, 0.29) is 11.8 Å². The molecule has 0 radical (unpaired) electrons. The lowest BCUT2D eigenvalue weighted by molar-refractivity contribution is -0.128. The van der Waals surface area contributed by atoms with Gasteiger partial charge in [-0.2, -0.15) is 0 Å². The lowest BCUT2D eigenvalue weighted by atomic mass is 9.83. The Labute approximate surface area is 183 Å². The van der Waals surface area contributed by atoms with Crippen molar-refractivity contribution in [1.29, 1.82) is 0 Å². The van der Waals surface area contributed by atoms with Crippen LogP contribution in [-0.4, -0.2) is 36.8 Å². The summed E-state index contributed by atoms with van der Waals surface area (Å²) in [4.78, 5) is 32.5. The molecule has 162 valence electrons. The van der Waals surface area contributed by atoms with Gasteiger partial charge < -0.3 is 16.0 Å². The van der Waals surface area contributed by atoms with Crippen molar-refractivity contribution in [3.05, 3.63) is 65.7 Å². The van der Waals surface area contributed by atoms with Gasteiger partial charge in [-0.05, 0) is 30.9 Å². The number of carbonyl (C=O) groups excluding carboxylic acids is 2. The highest BCUT2D eigenvalue weighted by molar-refractivity contribution is 6.14. The number of fused-ring (bicyclic) bond motifs is 1. The lowest BCUT2D eigenvalue weighted by Gasteiger charge is -2.25. The molecule has 3 N–H and O–H groups in total. The molecule has 0 aromatic heterocycles. The van der Waals surface area contributed by atoms with E-state index in [4.69, 9.17) is 10.7 Å². The van der Waals surface area contributed by atoms with E-state index in [1.165, 1.54) is 6.42 Å². The quantitative estimate of drug-likeness (QED) is 0.782. The van der Waals surface area contributed by atoms with Gasteiger partial charge in [0, 0.05) is 18.5 Å². The Morgan fingerprint density at radius 3 is 2.52 bits per heavy atom. The molecule has 6 heteroatoms. The summed E-state index contributed by atoms with van der Waals surface area (Å²) < 4.78 is 0. The molecule has 1 aliphatic heterocycles. The third kappa shape index (κ3) is 4.69. The molecule has 2 atom stereocenters. The van der Waals surface area contributed by atoms with Crippen molar-refractivity contribution in [2.45, 2.75) is 50.7 Å². The van der Waals surface area contributed by atoms with Crippen LogP contribution in [0.1, 0.15) is 43.2 Å². The summed E-state index contributed by atoms with van der Waals surface area (Å²) >= 11 is 0. The average molecular weight is 419 g/mol. The molecule has 1 fully saturated rings.